The normalized spacial score (nSPS) is 10.3. The molecule has 2 rings (SSSR count). The van der Waals surface area contributed by atoms with Gasteiger partial charge < -0.3 is 5.32 Å². The summed E-state index contributed by atoms with van der Waals surface area (Å²) in [7, 11) is 0. The second-order valence-corrected chi connectivity index (χ2v) is 5.20. The van der Waals surface area contributed by atoms with Crippen molar-refractivity contribution < 1.29 is 9.18 Å². The number of amides is 1. The molecule has 2 aromatic rings. The fraction of sp³-hybridized carbons (Fsp3) is 0. The Kier molecular flexibility index (Phi) is 4.39. The van der Waals surface area contributed by atoms with E-state index in [9.17, 15) is 9.18 Å². The number of hydrogen-bond donors (Lipinski definition) is 1. The van der Waals surface area contributed by atoms with E-state index in [1.165, 1.54) is 18.3 Å². The molecule has 0 fully saturated rings. The third-order valence-electron chi connectivity index (χ3n) is 2.24. The first-order valence-electron chi connectivity index (χ1n) is 5.05. The fourth-order valence-electron chi connectivity index (χ4n) is 1.33. The predicted octanol–water partition coefficient (Wildman–Crippen LogP) is 4.54. The van der Waals surface area contributed by atoms with Gasteiger partial charge in [-0.2, -0.15) is 0 Å². The lowest BCUT2D eigenvalue weighted by atomic mass is 10.2. The van der Waals surface area contributed by atoms with Gasteiger partial charge in [0, 0.05) is 5.56 Å². The zero-order valence-corrected chi connectivity index (χ0v) is 12.4. The van der Waals surface area contributed by atoms with Crippen LogP contribution in [-0.4, -0.2) is 10.9 Å². The van der Waals surface area contributed by atoms with Crippen LogP contribution in [0.1, 0.15) is 10.4 Å². The maximum Gasteiger partial charge on any atom is 0.255 e. The smallest absolute Gasteiger partial charge is 0.255 e. The van der Waals surface area contributed by atoms with Gasteiger partial charge >= 0.3 is 0 Å². The van der Waals surface area contributed by atoms with Crippen LogP contribution in [0.15, 0.2) is 34.9 Å². The molecule has 0 aliphatic carbocycles. The molecule has 3 nitrogen and oxygen atoms in total. The van der Waals surface area contributed by atoms with Crippen LogP contribution in [0.4, 0.5) is 10.1 Å². The highest BCUT2D eigenvalue weighted by molar-refractivity contribution is 9.10. The SMILES string of the molecule is O=C(Nc1cnc(Cl)c(Br)c1)c1ccc(F)c(Cl)c1. The predicted molar refractivity (Wildman–Crippen MR) is 76.3 cm³/mol. The van der Waals surface area contributed by atoms with Crippen molar-refractivity contribution in [2.45, 2.75) is 0 Å². The number of aromatic nitrogens is 1. The van der Waals surface area contributed by atoms with Crippen molar-refractivity contribution in [3.63, 3.8) is 0 Å². The van der Waals surface area contributed by atoms with E-state index in [1.807, 2.05) is 0 Å². The minimum Gasteiger partial charge on any atom is -0.321 e. The first kappa shape index (κ1) is 14.2. The van der Waals surface area contributed by atoms with Crippen molar-refractivity contribution in [1.29, 1.82) is 0 Å². The third-order valence-corrected chi connectivity index (χ3v) is 3.66. The number of halogens is 4. The quantitative estimate of drug-likeness (QED) is 0.795. The largest absolute Gasteiger partial charge is 0.321 e. The number of carbonyl (C=O) groups is 1. The molecule has 1 amide bonds. The van der Waals surface area contributed by atoms with E-state index in [4.69, 9.17) is 23.2 Å². The van der Waals surface area contributed by atoms with Crippen molar-refractivity contribution in [3.8, 4) is 0 Å². The van der Waals surface area contributed by atoms with Gasteiger partial charge in [-0.3, -0.25) is 4.79 Å². The minimum absolute atomic E-state index is 0.108. The van der Waals surface area contributed by atoms with E-state index in [0.717, 1.165) is 6.07 Å². The molecule has 1 N–H and O–H groups in total. The van der Waals surface area contributed by atoms with Crippen molar-refractivity contribution in [3.05, 3.63) is 56.5 Å². The van der Waals surface area contributed by atoms with Gasteiger partial charge in [0.05, 0.1) is 21.4 Å². The van der Waals surface area contributed by atoms with Crippen LogP contribution in [0, 0.1) is 5.82 Å². The number of nitrogens with one attached hydrogen (secondary N) is 1. The number of hydrogen-bond acceptors (Lipinski definition) is 2. The molecule has 0 saturated carbocycles. The molecular weight excluding hydrogens is 358 g/mol. The van der Waals surface area contributed by atoms with E-state index in [2.05, 4.69) is 26.2 Å². The van der Waals surface area contributed by atoms with Crippen molar-refractivity contribution in [2.75, 3.05) is 5.32 Å². The molecule has 0 spiro atoms. The number of pyridine rings is 1. The van der Waals surface area contributed by atoms with Crippen LogP contribution in [0.2, 0.25) is 10.2 Å². The summed E-state index contributed by atoms with van der Waals surface area (Å²) in [5.41, 5.74) is 0.708. The zero-order valence-electron chi connectivity index (χ0n) is 9.25. The summed E-state index contributed by atoms with van der Waals surface area (Å²) in [6.45, 7) is 0. The molecule has 0 saturated heterocycles. The Labute approximate surface area is 126 Å². The molecule has 0 unspecified atom stereocenters. The molecular formula is C12H6BrCl2FN2O. The molecule has 0 aliphatic rings. The molecule has 0 bridgehead atoms. The van der Waals surface area contributed by atoms with Gasteiger partial charge in [0.1, 0.15) is 11.0 Å². The van der Waals surface area contributed by atoms with E-state index in [1.54, 1.807) is 6.07 Å². The topological polar surface area (TPSA) is 42.0 Å². The molecule has 1 aromatic heterocycles. The van der Waals surface area contributed by atoms with Crippen LogP contribution in [0.5, 0.6) is 0 Å². The number of nitrogens with zero attached hydrogens (tertiary/aromatic N) is 1. The van der Waals surface area contributed by atoms with Gasteiger partial charge in [-0.25, -0.2) is 9.37 Å². The first-order chi connectivity index (χ1) is 8.97. The lowest BCUT2D eigenvalue weighted by Gasteiger charge is -2.06. The van der Waals surface area contributed by atoms with Crippen LogP contribution in [0.3, 0.4) is 0 Å². The molecule has 1 heterocycles. The van der Waals surface area contributed by atoms with Gasteiger partial charge in [-0.1, -0.05) is 23.2 Å². The molecule has 0 radical (unpaired) electrons. The summed E-state index contributed by atoms with van der Waals surface area (Å²) in [4.78, 5) is 15.8. The second-order valence-electron chi connectivity index (χ2n) is 3.58. The minimum atomic E-state index is -0.575. The lowest BCUT2D eigenvalue weighted by Crippen LogP contribution is -2.12. The van der Waals surface area contributed by atoms with Gasteiger partial charge in [0.2, 0.25) is 0 Å². The van der Waals surface area contributed by atoms with Crippen LogP contribution >= 0.6 is 39.1 Å². The molecule has 0 atom stereocenters. The summed E-state index contributed by atoms with van der Waals surface area (Å²) in [5.74, 6) is -0.993. The van der Waals surface area contributed by atoms with Crippen molar-refractivity contribution in [2.24, 2.45) is 0 Å². The summed E-state index contributed by atoms with van der Waals surface area (Å²) < 4.78 is 13.6. The Bertz CT molecular complexity index is 652. The summed E-state index contributed by atoms with van der Waals surface area (Å²) >= 11 is 14.6. The Balaban J connectivity index is 2.20. The van der Waals surface area contributed by atoms with E-state index < -0.39 is 11.7 Å². The molecule has 98 valence electrons. The Hall–Kier alpha value is -1.17. The molecule has 19 heavy (non-hydrogen) atoms. The lowest BCUT2D eigenvalue weighted by molar-refractivity contribution is 0.102. The van der Waals surface area contributed by atoms with Gasteiger partial charge in [0.25, 0.3) is 5.91 Å². The maximum atomic E-state index is 13.0. The fourth-order valence-corrected chi connectivity index (χ4v) is 1.96. The second kappa shape index (κ2) is 5.86. The summed E-state index contributed by atoms with van der Waals surface area (Å²) in [6, 6.07) is 5.34. The van der Waals surface area contributed by atoms with Crippen molar-refractivity contribution in [1.82, 2.24) is 4.98 Å². The van der Waals surface area contributed by atoms with Gasteiger partial charge in [-0.15, -0.1) is 0 Å². The zero-order chi connectivity index (χ0) is 14.0. The van der Waals surface area contributed by atoms with Crippen LogP contribution in [-0.2, 0) is 0 Å². The first-order valence-corrected chi connectivity index (χ1v) is 6.59. The monoisotopic (exact) mass is 362 g/mol. The van der Waals surface area contributed by atoms with E-state index >= 15 is 0 Å². The molecule has 0 aliphatic heterocycles. The number of carbonyl (C=O) groups excluding carboxylic acids is 1. The molecule has 7 heteroatoms. The van der Waals surface area contributed by atoms with Gasteiger partial charge in [-0.05, 0) is 40.2 Å². The molecule has 1 aromatic carbocycles. The highest BCUT2D eigenvalue weighted by Gasteiger charge is 2.10. The summed E-state index contributed by atoms with van der Waals surface area (Å²) in [6.07, 6.45) is 1.41. The third kappa shape index (κ3) is 3.43. The Morgan fingerprint density at radius 2 is 2.05 bits per heavy atom. The number of anilines is 1. The maximum absolute atomic E-state index is 13.0. The Morgan fingerprint density at radius 1 is 1.32 bits per heavy atom. The average molecular weight is 364 g/mol. The number of rotatable bonds is 2. The van der Waals surface area contributed by atoms with Crippen molar-refractivity contribution >= 4 is 50.7 Å². The average Bonchev–Trinajstić information content (AvgIpc) is 2.37. The highest BCUT2D eigenvalue weighted by Crippen LogP contribution is 2.23. The van der Waals surface area contributed by atoms with E-state index in [0.29, 0.717) is 15.3 Å². The van der Waals surface area contributed by atoms with Crippen LogP contribution < -0.4 is 5.32 Å². The van der Waals surface area contributed by atoms with Gasteiger partial charge in [0.15, 0.2) is 0 Å². The summed E-state index contributed by atoms with van der Waals surface area (Å²) in [5, 5.41) is 2.79. The Morgan fingerprint density at radius 3 is 2.68 bits per heavy atom. The standard InChI is InChI=1S/C12H6BrCl2FN2O/c13-8-4-7(5-17-11(8)15)18-12(19)6-1-2-10(16)9(14)3-6/h1-5H,(H,18,19). The highest BCUT2D eigenvalue weighted by atomic mass is 79.9. The van der Waals surface area contributed by atoms with Crippen LogP contribution in [0.25, 0.3) is 0 Å². The number of benzene rings is 1. The van der Waals surface area contributed by atoms with E-state index in [-0.39, 0.29) is 10.6 Å².